The fraction of sp³-hybridized carbons (Fsp3) is 0.733. The number of carbonyl (C=O) groups excluding carboxylic acids is 2. The quantitative estimate of drug-likeness (QED) is 0.315. The van der Waals surface area contributed by atoms with Gasteiger partial charge in [-0.05, 0) is 60.6 Å². The molecule has 1 amide bonds. The molecule has 1 aromatic carbocycles. The van der Waals surface area contributed by atoms with Crippen LogP contribution in [0.15, 0.2) is 30.3 Å². The SMILES string of the molecule is CC(C)(C)[Si](C)(C)OC[C@H]1CCC(=O)C1.CC(C)(C)[Si](C)(C)OC[C@H]1CCC(=O)N1Cc1ccccc1. The van der Waals surface area contributed by atoms with E-state index in [1.54, 1.807) is 0 Å². The Morgan fingerprint density at radius 1 is 0.811 bits per heavy atom. The van der Waals surface area contributed by atoms with Crippen LogP contribution < -0.4 is 0 Å². The van der Waals surface area contributed by atoms with Gasteiger partial charge in [-0.3, -0.25) is 9.59 Å². The molecule has 1 aliphatic heterocycles. The molecular weight excluding hydrogens is 495 g/mol. The topological polar surface area (TPSA) is 55.8 Å². The maximum atomic E-state index is 12.2. The van der Waals surface area contributed by atoms with Gasteiger partial charge >= 0.3 is 0 Å². The minimum atomic E-state index is -1.75. The predicted molar refractivity (Wildman–Crippen MR) is 159 cm³/mol. The Hall–Kier alpha value is -1.29. The fourth-order valence-electron chi connectivity index (χ4n) is 4.06. The first kappa shape index (κ1) is 31.9. The van der Waals surface area contributed by atoms with E-state index >= 15 is 0 Å². The zero-order valence-electron chi connectivity index (χ0n) is 25.3. The van der Waals surface area contributed by atoms with Crippen LogP contribution >= 0.6 is 0 Å². The van der Waals surface area contributed by atoms with E-state index < -0.39 is 16.6 Å². The Morgan fingerprint density at radius 3 is 1.84 bits per heavy atom. The Labute approximate surface area is 229 Å². The van der Waals surface area contributed by atoms with Gasteiger partial charge in [-0.25, -0.2) is 0 Å². The van der Waals surface area contributed by atoms with Crippen LogP contribution in [0.4, 0.5) is 0 Å². The number of Topliss-reactive ketones (excluding diaryl/α,β-unsaturated/α-hetero) is 1. The van der Waals surface area contributed by atoms with Crippen molar-refractivity contribution in [2.24, 2.45) is 5.92 Å². The first-order valence-electron chi connectivity index (χ1n) is 14.1. The van der Waals surface area contributed by atoms with Crippen LogP contribution in [-0.4, -0.2) is 52.5 Å². The monoisotopic (exact) mass is 547 g/mol. The second kappa shape index (κ2) is 12.7. The second-order valence-corrected chi connectivity index (χ2v) is 23.6. The van der Waals surface area contributed by atoms with Gasteiger partial charge in [0.15, 0.2) is 16.6 Å². The predicted octanol–water partition coefficient (Wildman–Crippen LogP) is 7.58. The van der Waals surface area contributed by atoms with Crippen molar-refractivity contribution in [2.45, 2.75) is 122 Å². The largest absolute Gasteiger partial charge is 0.417 e. The van der Waals surface area contributed by atoms with Gasteiger partial charge in [-0.1, -0.05) is 71.9 Å². The van der Waals surface area contributed by atoms with E-state index in [2.05, 4.69) is 79.9 Å². The summed E-state index contributed by atoms with van der Waals surface area (Å²) in [6.07, 6.45) is 4.12. The number of hydrogen-bond donors (Lipinski definition) is 0. The van der Waals surface area contributed by atoms with Crippen LogP contribution in [0, 0.1) is 5.92 Å². The smallest absolute Gasteiger partial charge is 0.223 e. The maximum absolute atomic E-state index is 12.2. The molecule has 0 radical (unpaired) electrons. The summed E-state index contributed by atoms with van der Waals surface area (Å²) in [6, 6.07) is 10.4. The molecule has 1 saturated carbocycles. The molecule has 0 unspecified atom stereocenters. The van der Waals surface area contributed by atoms with E-state index in [4.69, 9.17) is 8.85 Å². The van der Waals surface area contributed by atoms with Crippen molar-refractivity contribution in [3.05, 3.63) is 35.9 Å². The highest BCUT2D eigenvalue weighted by atomic mass is 28.4. The third kappa shape index (κ3) is 9.45. The lowest BCUT2D eigenvalue weighted by Crippen LogP contribution is -2.45. The molecule has 2 atom stereocenters. The lowest BCUT2D eigenvalue weighted by atomic mass is 10.1. The van der Waals surface area contributed by atoms with Crippen molar-refractivity contribution in [3.63, 3.8) is 0 Å². The number of benzene rings is 1. The molecule has 2 aliphatic rings. The maximum Gasteiger partial charge on any atom is 0.223 e. The molecule has 210 valence electrons. The van der Waals surface area contributed by atoms with Gasteiger partial charge in [0, 0.05) is 32.4 Å². The average Bonchev–Trinajstić information content (AvgIpc) is 3.36. The summed E-state index contributed by atoms with van der Waals surface area (Å²) in [6.45, 7) is 24.7. The number of nitrogens with zero attached hydrogens (tertiary/aromatic N) is 1. The molecule has 0 aromatic heterocycles. The van der Waals surface area contributed by atoms with E-state index in [9.17, 15) is 9.59 Å². The van der Waals surface area contributed by atoms with Gasteiger partial charge < -0.3 is 13.8 Å². The Bertz CT molecular complexity index is 887. The van der Waals surface area contributed by atoms with Crippen LogP contribution in [0.5, 0.6) is 0 Å². The van der Waals surface area contributed by atoms with Crippen LogP contribution in [0.3, 0.4) is 0 Å². The van der Waals surface area contributed by atoms with E-state index in [-0.39, 0.29) is 22.0 Å². The van der Waals surface area contributed by atoms with Crippen molar-refractivity contribution in [3.8, 4) is 0 Å². The van der Waals surface area contributed by atoms with Crippen LogP contribution in [0.2, 0.25) is 36.3 Å². The highest BCUT2D eigenvalue weighted by Crippen LogP contribution is 2.38. The summed E-state index contributed by atoms with van der Waals surface area (Å²) in [7, 11) is -3.36. The zero-order valence-corrected chi connectivity index (χ0v) is 27.3. The van der Waals surface area contributed by atoms with Crippen molar-refractivity contribution in [1.29, 1.82) is 0 Å². The summed E-state index contributed by atoms with van der Waals surface area (Å²) in [5.74, 6) is 1.16. The molecule has 1 saturated heterocycles. The lowest BCUT2D eigenvalue weighted by Gasteiger charge is -2.38. The lowest BCUT2D eigenvalue weighted by molar-refractivity contribution is -0.130. The summed E-state index contributed by atoms with van der Waals surface area (Å²) < 4.78 is 12.5. The fourth-order valence-corrected chi connectivity index (χ4v) is 6.19. The number of likely N-dealkylation sites (tertiary alicyclic amines) is 1. The van der Waals surface area contributed by atoms with Gasteiger partial charge in [-0.2, -0.15) is 0 Å². The number of amides is 1. The third-order valence-corrected chi connectivity index (χ3v) is 17.9. The molecule has 1 aromatic rings. The van der Waals surface area contributed by atoms with Crippen molar-refractivity contribution >= 4 is 28.3 Å². The molecule has 7 heteroatoms. The Kier molecular flexibility index (Phi) is 11.0. The van der Waals surface area contributed by atoms with Crippen molar-refractivity contribution in [2.75, 3.05) is 13.2 Å². The first-order valence-corrected chi connectivity index (χ1v) is 19.9. The zero-order chi connectivity index (χ0) is 28.1. The molecule has 3 rings (SSSR count). The first-order chi connectivity index (χ1) is 16.9. The minimum Gasteiger partial charge on any atom is -0.417 e. The van der Waals surface area contributed by atoms with E-state index in [0.717, 1.165) is 32.3 Å². The minimum absolute atomic E-state index is 0.208. The van der Waals surface area contributed by atoms with E-state index in [1.165, 1.54) is 5.56 Å². The summed E-state index contributed by atoms with van der Waals surface area (Å²) in [5, 5.41) is 0.482. The van der Waals surface area contributed by atoms with Crippen LogP contribution in [0.25, 0.3) is 0 Å². The highest BCUT2D eigenvalue weighted by molar-refractivity contribution is 6.74. The van der Waals surface area contributed by atoms with Crippen LogP contribution in [0.1, 0.15) is 79.2 Å². The van der Waals surface area contributed by atoms with E-state index in [1.807, 2.05) is 23.1 Å². The molecule has 1 aliphatic carbocycles. The molecule has 0 N–H and O–H groups in total. The average molecular weight is 548 g/mol. The summed E-state index contributed by atoms with van der Waals surface area (Å²) >= 11 is 0. The molecule has 37 heavy (non-hydrogen) atoms. The van der Waals surface area contributed by atoms with Gasteiger partial charge in [0.2, 0.25) is 5.91 Å². The molecule has 0 bridgehead atoms. The number of carbonyl (C=O) groups is 2. The number of ketones is 1. The molecule has 1 heterocycles. The highest BCUT2D eigenvalue weighted by Gasteiger charge is 2.40. The van der Waals surface area contributed by atoms with Crippen LogP contribution in [-0.2, 0) is 25.0 Å². The molecule has 2 fully saturated rings. The van der Waals surface area contributed by atoms with Gasteiger partial charge in [0.25, 0.3) is 0 Å². The molecule has 0 spiro atoms. The van der Waals surface area contributed by atoms with Gasteiger partial charge in [0.1, 0.15) is 5.78 Å². The molecular formula is C30H53NO4Si2. The number of hydrogen-bond acceptors (Lipinski definition) is 4. The third-order valence-electron chi connectivity index (χ3n) is 8.92. The number of rotatable bonds is 8. The second-order valence-electron chi connectivity index (χ2n) is 14.0. The van der Waals surface area contributed by atoms with E-state index in [0.29, 0.717) is 31.3 Å². The molecule has 5 nitrogen and oxygen atoms in total. The van der Waals surface area contributed by atoms with Gasteiger partial charge in [-0.15, -0.1) is 0 Å². The standard InChI is InChI=1S/C18H29NO2Si.C12H24O2Si/c1-18(2,3)22(4,5)21-14-16-11-12-17(20)19(16)13-15-9-7-6-8-10-15;1-12(2,3)15(4,5)14-9-10-6-7-11(13)8-10/h6-10,16H,11-14H2,1-5H3;10H,6-9H2,1-5H3/t16-;10-/m10/s1. The van der Waals surface area contributed by atoms with Crippen molar-refractivity contribution in [1.82, 2.24) is 4.90 Å². The summed E-state index contributed by atoms with van der Waals surface area (Å²) in [5.41, 5.74) is 1.19. The normalized spacial score (nSPS) is 21.3. The Morgan fingerprint density at radius 2 is 1.35 bits per heavy atom. The Balaban J connectivity index is 0.000000281. The van der Waals surface area contributed by atoms with Gasteiger partial charge in [0.05, 0.1) is 12.6 Å². The van der Waals surface area contributed by atoms with Crippen molar-refractivity contribution < 1.29 is 18.4 Å². The summed E-state index contributed by atoms with van der Waals surface area (Å²) in [4.78, 5) is 25.3.